The van der Waals surface area contributed by atoms with Crippen molar-refractivity contribution in [1.82, 2.24) is 10.3 Å². The number of hydrogen-bond acceptors (Lipinski definition) is 7. The van der Waals surface area contributed by atoms with Crippen molar-refractivity contribution in [2.75, 3.05) is 19.1 Å². The number of halogens is 1. The number of rotatable bonds is 11. The van der Waals surface area contributed by atoms with E-state index in [0.717, 1.165) is 22.3 Å². The van der Waals surface area contributed by atoms with Crippen LogP contribution in [0.5, 0.6) is 11.5 Å². The number of para-hydroxylation sites is 1. The number of thiazole rings is 1. The fourth-order valence-electron chi connectivity index (χ4n) is 4.55. The number of nitrogens with zero attached hydrogens (tertiary/aromatic N) is 2. The molecule has 1 aromatic heterocycles. The summed E-state index contributed by atoms with van der Waals surface area (Å²) in [5.41, 5.74) is 11.0. The Kier molecular flexibility index (Phi) is 9.11. The maximum atomic E-state index is 15.1. The molecule has 4 aromatic carbocycles. The lowest BCUT2D eigenvalue weighted by Gasteiger charge is -2.23. The van der Waals surface area contributed by atoms with Gasteiger partial charge >= 0.3 is 0 Å². The second-order valence-electron chi connectivity index (χ2n) is 9.52. The van der Waals surface area contributed by atoms with Crippen molar-refractivity contribution in [3.63, 3.8) is 0 Å². The minimum Gasteiger partial charge on any atom is -0.497 e. The van der Waals surface area contributed by atoms with Gasteiger partial charge in [-0.25, -0.2) is 9.37 Å². The predicted octanol–water partition coefficient (Wildman–Crippen LogP) is 6.69. The highest BCUT2D eigenvalue weighted by atomic mass is 32.1. The van der Waals surface area contributed by atoms with Gasteiger partial charge in [-0.3, -0.25) is 4.79 Å². The minimum atomic E-state index is -0.358. The summed E-state index contributed by atoms with van der Waals surface area (Å²) in [6.45, 7) is 1.20. The van der Waals surface area contributed by atoms with E-state index in [-0.39, 0.29) is 11.7 Å². The van der Waals surface area contributed by atoms with Gasteiger partial charge in [-0.2, -0.15) is 0 Å². The molecule has 0 aliphatic carbocycles. The molecule has 0 fully saturated rings. The second kappa shape index (κ2) is 13.3. The molecule has 0 radical (unpaired) electrons. The van der Waals surface area contributed by atoms with E-state index in [0.29, 0.717) is 53.2 Å². The first-order valence-corrected chi connectivity index (χ1v) is 14.2. The Bertz CT molecular complexity index is 1670. The zero-order valence-electron chi connectivity index (χ0n) is 23.3. The summed E-state index contributed by atoms with van der Waals surface area (Å²) in [7, 11) is 3.21. The van der Waals surface area contributed by atoms with Gasteiger partial charge in [0.1, 0.15) is 17.3 Å². The Balaban J connectivity index is 1.37. The summed E-state index contributed by atoms with van der Waals surface area (Å²) in [5.74, 6) is 0.802. The van der Waals surface area contributed by atoms with E-state index >= 15 is 4.39 Å². The van der Waals surface area contributed by atoms with E-state index < -0.39 is 0 Å². The molecule has 1 heterocycles. The number of carbonyl (C=O) groups is 1. The standard InChI is InChI=1S/C33H31FN4O3S/c1-40-26-14-15-31(41-2)27(17-26)29-21-42-33(37-29)38(30-9-4-3-8-28(30)34)20-22-10-12-25(13-11-22)32(39)36-19-24-7-5-6-23(16-24)18-35/h3-17,21H,18-20,35H2,1-2H3,(H,36,39). The molecule has 0 saturated carbocycles. The SMILES string of the molecule is COc1ccc(OC)c(-c2csc(N(Cc3ccc(C(=O)NCc4cccc(CN)c4)cc3)c3ccccc3F)n2)c1. The van der Waals surface area contributed by atoms with Crippen LogP contribution >= 0.6 is 11.3 Å². The molecule has 7 nitrogen and oxygen atoms in total. The molecular weight excluding hydrogens is 551 g/mol. The van der Waals surface area contributed by atoms with Gasteiger partial charge in [0.15, 0.2) is 5.13 Å². The lowest BCUT2D eigenvalue weighted by atomic mass is 10.1. The predicted molar refractivity (Wildman–Crippen MR) is 165 cm³/mol. The van der Waals surface area contributed by atoms with E-state index in [1.54, 1.807) is 44.6 Å². The van der Waals surface area contributed by atoms with Crippen molar-refractivity contribution < 1.29 is 18.7 Å². The average Bonchev–Trinajstić information content (AvgIpc) is 3.53. The molecule has 214 valence electrons. The first kappa shape index (κ1) is 28.8. The van der Waals surface area contributed by atoms with E-state index in [9.17, 15) is 4.79 Å². The normalized spacial score (nSPS) is 10.8. The lowest BCUT2D eigenvalue weighted by molar-refractivity contribution is 0.0951. The van der Waals surface area contributed by atoms with E-state index in [1.807, 2.05) is 64.9 Å². The van der Waals surface area contributed by atoms with Gasteiger partial charge in [-0.1, -0.05) is 48.5 Å². The third-order valence-corrected chi connectivity index (χ3v) is 7.65. The topological polar surface area (TPSA) is 89.7 Å². The van der Waals surface area contributed by atoms with Crippen LogP contribution in [0.15, 0.2) is 96.4 Å². The maximum absolute atomic E-state index is 15.1. The number of anilines is 2. The van der Waals surface area contributed by atoms with Gasteiger partial charge in [0.25, 0.3) is 5.91 Å². The number of benzene rings is 4. The Morgan fingerprint density at radius 2 is 1.71 bits per heavy atom. The zero-order valence-corrected chi connectivity index (χ0v) is 24.2. The van der Waals surface area contributed by atoms with Crippen LogP contribution in [0.25, 0.3) is 11.3 Å². The Hall–Kier alpha value is -4.73. The van der Waals surface area contributed by atoms with Crippen molar-refractivity contribution in [3.8, 4) is 22.8 Å². The number of aromatic nitrogens is 1. The highest BCUT2D eigenvalue weighted by Gasteiger charge is 2.20. The van der Waals surface area contributed by atoms with Crippen LogP contribution in [0.4, 0.5) is 15.2 Å². The highest BCUT2D eigenvalue weighted by Crippen LogP contribution is 2.38. The van der Waals surface area contributed by atoms with Gasteiger partial charge in [0.2, 0.25) is 0 Å². The van der Waals surface area contributed by atoms with Gasteiger partial charge in [0, 0.05) is 29.6 Å². The lowest BCUT2D eigenvalue weighted by Crippen LogP contribution is -2.23. The van der Waals surface area contributed by atoms with E-state index in [4.69, 9.17) is 20.2 Å². The number of methoxy groups -OCH3 is 2. The van der Waals surface area contributed by atoms with Gasteiger partial charge in [-0.15, -0.1) is 11.3 Å². The molecule has 9 heteroatoms. The summed E-state index contributed by atoms with van der Waals surface area (Å²) in [5, 5.41) is 5.48. The quantitative estimate of drug-likeness (QED) is 0.180. The Morgan fingerprint density at radius 3 is 2.45 bits per heavy atom. The molecule has 0 saturated heterocycles. The summed E-state index contributed by atoms with van der Waals surface area (Å²) in [4.78, 5) is 19.5. The van der Waals surface area contributed by atoms with Gasteiger partial charge in [0.05, 0.1) is 32.1 Å². The monoisotopic (exact) mass is 582 g/mol. The third kappa shape index (κ3) is 6.59. The van der Waals surface area contributed by atoms with Crippen molar-refractivity contribution in [2.24, 2.45) is 5.73 Å². The maximum Gasteiger partial charge on any atom is 0.251 e. The number of amides is 1. The summed E-state index contributed by atoms with van der Waals surface area (Å²) in [6, 6.07) is 27.2. The molecule has 3 N–H and O–H groups in total. The minimum absolute atomic E-state index is 0.178. The molecule has 5 rings (SSSR count). The van der Waals surface area contributed by atoms with Crippen LogP contribution in [0.1, 0.15) is 27.0 Å². The molecule has 0 unspecified atom stereocenters. The van der Waals surface area contributed by atoms with Crippen molar-refractivity contribution in [2.45, 2.75) is 19.6 Å². The van der Waals surface area contributed by atoms with Crippen LogP contribution in [-0.2, 0) is 19.6 Å². The molecule has 0 spiro atoms. The van der Waals surface area contributed by atoms with Gasteiger partial charge < -0.3 is 25.4 Å². The smallest absolute Gasteiger partial charge is 0.251 e. The molecule has 0 aliphatic rings. The molecule has 0 atom stereocenters. The number of nitrogens with one attached hydrogen (secondary N) is 1. The van der Waals surface area contributed by atoms with E-state index in [2.05, 4.69) is 5.32 Å². The molecular formula is C33H31FN4O3S. The molecule has 0 bridgehead atoms. The fourth-order valence-corrected chi connectivity index (χ4v) is 5.39. The zero-order chi connectivity index (χ0) is 29.5. The first-order chi connectivity index (χ1) is 20.5. The largest absolute Gasteiger partial charge is 0.497 e. The Labute approximate surface area is 248 Å². The molecule has 42 heavy (non-hydrogen) atoms. The fraction of sp³-hybridized carbons (Fsp3) is 0.152. The van der Waals surface area contributed by atoms with Crippen LogP contribution in [0.3, 0.4) is 0 Å². The summed E-state index contributed by atoms with van der Waals surface area (Å²) < 4.78 is 26.0. The van der Waals surface area contributed by atoms with Crippen LogP contribution in [0.2, 0.25) is 0 Å². The number of carbonyl (C=O) groups excluding carboxylic acids is 1. The summed E-state index contributed by atoms with van der Waals surface area (Å²) >= 11 is 1.40. The highest BCUT2D eigenvalue weighted by molar-refractivity contribution is 7.14. The summed E-state index contributed by atoms with van der Waals surface area (Å²) in [6.07, 6.45) is 0. The molecule has 0 aliphatic heterocycles. The number of ether oxygens (including phenoxy) is 2. The first-order valence-electron chi connectivity index (χ1n) is 13.3. The third-order valence-electron chi connectivity index (χ3n) is 6.79. The van der Waals surface area contributed by atoms with Crippen LogP contribution < -0.4 is 25.4 Å². The van der Waals surface area contributed by atoms with Gasteiger partial charge in [-0.05, 0) is 59.2 Å². The number of hydrogen-bond donors (Lipinski definition) is 2. The number of nitrogens with two attached hydrogens (primary N) is 1. The second-order valence-corrected chi connectivity index (χ2v) is 10.4. The molecule has 1 amide bonds. The van der Waals surface area contributed by atoms with Crippen LogP contribution in [0, 0.1) is 5.82 Å². The van der Waals surface area contributed by atoms with Crippen molar-refractivity contribution in [1.29, 1.82) is 0 Å². The van der Waals surface area contributed by atoms with Crippen molar-refractivity contribution >= 4 is 28.1 Å². The van der Waals surface area contributed by atoms with Crippen molar-refractivity contribution in [3.05, 3.63) is 124 Å². The average molecular weight is 583 g/mol. The Morgan fingerprint density at radius 1 is 0.929 bits per heavy atom. The van der Waals surface area contributed by atoms with Crippen LogP contribution in [-0.4, -0.2) is 25.1 Å². The van der Waals surface area contributed by atoms with E-state index in [1.165, 1.54) is 17.4 Å². The molecule has 5 aromatic rings.